The summed E-state index contributed by atoms with van der Waals surface area (Å²) in [5.41, 5.74) is 1.44. The van der Waals surface area contributed by atoms with Gasteiger partial charge in [-0.3, -0.25) is 19.7 Å². The lowest BCUT2D eigenvalue weighted by Gasteiger charge is -2.27. The SMILES string of the molecule is CSc1nccc(COc2ccc(C(C)(C)c3cc(Cl)c(OCCC(F)(F)CCOc4ccc5c(=O)n(C6CCC(=O)NC6=O)ncc5c4)c(C#N)c3)cc2)n1. The van der Waals surface area contributed by atoms with Crippen LogP contribution in [-0.2, 0) is 21.6 Å². The first kappa shape index (κ1) is 40.1. The van der Waals surface area contributed by atoms with Gasteiger partial charge in [0, 0.05) is 36.3 Å². The Bertz CT molecular complexity index is 2370. The van der Waals surface area contributed by atoms with Crippen molar-refractivity contribution in [2.45, 2.75) is 68.7 Å². The monoisotopic (exact) mass is 802 g/mol. The maximum atomic E-state index is 14.9. The second-order valence-corrected chi connectivity index (χ2v) is 14.8. The second-order valence-electron chi connectivity index (χ2n) is 13.6. The quantitative estimate of drug-likeness (QED) is 0.0649. The minimum atomic E-state index is -3.17. The molecule has 12 nitrogen and oxygen atoms in total. The van der Waals surface area contributed by atoms with Gasteiger partial charge in [-0.25, -0.2) is 23.4 Å². The van der Waals surface area contributed by atoms with Crippen LogP contribution < -0.4 is 25.1 Å². The van der Waals surface area contributed by atoms with Gasteiger partial charge in [-0.2, -0.15) is 10.4 Å². The number of nitrogens with zero attached hydrogens (tertiary/aromatic N) is 5. The summed E-state index contributed by atoms with van der Waals surface area (Å²) < 4.78 is 48.0. The topological polar surface area (TPSA) is 158 Å². The number of hydrogen-bond acceptors (Lipinski definition) is 11. The van der Waals surface area contributed by atoms with Crippen molar-refractivity contribution in [1.29, 1.82) is 5.26 Å². The van der Waals surface area contributed by atoms with Crippen molar-refractivity contribution in [1.82, 2.24) is 25.1 Å². The first-order valence-corrected chi connectivity index (χ1v) is 19.2. The van der Waals surface area contributed by atoms with Gasteiger partial charge < -0.3 is 14.2 Å². The summed E-state index contributed by atoms with van der Waals surface area (Å²) in [5.74, 6) is -3.23. The van der Waals surface area contributed by atoms with Crippen LogP contribution in [0.2, 0.25) is 5.02 Å². The fourth-order valence-electron chi connectivity index (χ4n) is 6.15. The molecule has 3 aromatic carbocycles. The van der Waals surface area contributed by atoms with E-state index in [4.69, 9.17) is 25.8 Å². The number of alkyl halides is 2. The number of piperidine rings is 1. The third-order valence-electron chi connectivity index (χ3n) is 9.46. The maximum Gasteiger partial charge on any atom is 0.275 e. The van der Waals surface area contributed by atoms with Crippen molar-refractivity contribution in [2.75, 3.05) is 19.5 Å². The highest BCUT2D eigenvalue weighted by molar-refractivity contribution is 7.98. The molecule has 1 aliphatic heterocycles. The number of fused-ring (bicyclic) bond motifs is 1. The summed E-state index contributed by atoms with van der Waals surface area (Å²) in [4.78, 5) is 45.3. The van der Waals surface area contributed by atoms with E-state index in [9.17, 15) is 28.4 Å². The van der Waals surface area contributed by atoms with Crippen LogP contribution in [0.15, 0.2) is 83.0 Å². The molecule has 3 heterocycles. The molecule has 5 aromatic rings. The molecule has 2 amide bonds. The lowest BCUT2D eigenvalue weighted by Crippen LogP contribution is -2.45. The molecule has 1 atom stereocenters. The van der Waals surface area contributed by atoms with Crippen molar-refractivity contribution >= 4 is 45.9 Å². The molecule has 1 fully saturated rings. The molecule has 1 saturated heterocycles. The fraction of sp³-hybridized carbons (Fsp3) is 0.325. The van der Waals surface area contributed by atoms with Gasteiger partial charge >= 0.3 is 0 Å². The number of benzene rings is 3. The zero-order valence-electron chi connectivity index (χ0n) is 30.7. The molecular weight excluding hydrogens is 766 g/mol. The molecule has 56 heavy (non-hydrogen) atoms. The number of carbonyl (C=O) groups excluding carboxylic acids is 2. The van der Waals surface area contributed by atoms with Gasteiger partial charge in [0.15, 0.2) is 10.9 Å². The third kappa shape index (κ3) is 9.26. The summed E-state index contributed by atoms with van der Waals surface area (Å²) in [6.45, 7) is 3.52. The van der Waals surface area contributed by atoms with Crippen molar-refractivity contribution < 1.29 is 32.6 Å². The number of nitrogens with one attached hydrogen (secondary N) is 1. The van der Waals surface area contributed by atoms with Crippen LogP contribution in [0.1, 0.15) is 68.0 Å². The van der Waals surface area contributed by atoms with E-state index in [1.54, 1.807) is 24.4 Å². The van der Waals surface area contributed by atoms with Gasteiger partial charge in [-0.15, -0.1) is 0 Å². The summed E-state index contributed by atoms with van der Waals surface area (Å²) >= 11 is 8.05. The number of imide groups is 1. The van der Waals surface area contributed by atoms with Gasteiger partial charge in [0.2, 0.25) is 5.91 Å². The fourth-order valence-corrected chi connectivity index (χ4v) is 6.79. The zero-order valence-corrected chi connectivity index (χ0v) is 32.3. The number of nitriles is 1. The Kier molecular flexibility index (Phi) is 12.2. The number of ether oxygens (including phenoxy) is 3. The average molecular weight is 803 g/mol. The van der Waals surface area contributed by atoms with Crippen LogP contribution in [-0.4, -0.2) is 57.0 Å². The first-order valence-electron chi connectivity index (χ1n) is 17.6. The molecule has 6 rings (SSSR count). The van der Waals surface area contributed by atoms with E-state index in [1.165, 1.54) is 36.2 Å². The van der Waals surface area contributed by atoms with Crippen molar-refractivity contribution in [2.24, 2.45) is 0 Å². The molecule has 0 aliphatic carbocycles. The van der Waals surface area contributed by atoms with Crippen LogP contribution in [0, 0.1) is 11.3 Å². The van der Waals surface area contributed by atoms with Crippen LogP contribution in [0.5, 0.6) is 17.2 Å². The Morgan fingerprint density at radius 3 is 2.43 bits per heavy atom. The van der Waals surface area contributed by atoms with Crippen LogP contribution >= 0.6 is 23.4 Å². The maximum absolute atomic E-state index is 14.9. The van der Waals surface area contributed by atoms with Crippen LogP contribution in [0.25, 0.3) is 10.8 Å². The van der Waals surface area contributed by atoms with E-state index in [-0.39, 0.29) is 53.5 Å². The largest absolute Gasteiger partial charge is 0.493 e. The minimum absolute atomic E-state index is 0.0281. The number of carbonyl (C=O) groups is 2. The summed E-state index contributed by atoms with van der Waals surface area (Å²) in [7, 11) is 0. The van der Waals surface area contributed by atoms with E-state index in [0.29, 0.717) is 16.3 Å². The molecule has 0 bridgehead atoms. The summed E-state index contributed by atoms with van der Waals surface area (Å²) in [6, 6.07) is 18.3. The Morgan fingerprint density at radius 1 is 0.982 bits per heavy atom. The van der Waals surface area contributed by atoms with Crippen LogP contribution in [0.3, 0.4) is 0 Å². The van der Waals surface area contributed by atoms with E-state index in [0.717, 1.165) is 21.5 Å². The number of halogens is 3. The Labute approximate surface area is 330 Å². The van der Waals surface area contributed by atoms with Gasteiger partial charge in [0.1, 0.15) is 30.2 Å². The first-order chi connectivity index (χ1) is 26.8. The highest BCUT2D eigenvalue weighted by atomic mass is 35.5. The molecule has 0 saturated carbocycles. The standard InChI is InChI=1S/C40H37ClF2N6O6S/c1-39(2,26-4-6-29(7-5-26)55-23-28-12-15-45-38(47-28)56-3)27-18-24(21-44)35(32(41)20-27)54-17-14-40(42,43)13-16-53-30-8-9-31-25(19-30)22-46-49(37(31)52)33-10-11-34(50)48-36(33)51/h4-9,12,15,18-20,22,33H,10-11,13-14,16-17,23H2,1-3H3,(H,48,50,51). The molecule has 0 spiro atoms. The lowest BCUT2D eigenvalue weighted by atomic mass is 9.77. The van der Waals surface area contributed by atoms with Crippen molar-refractivity contribution in [3.05, 3.63) is 111 Å². The zero-order chi connectivity index (χ0) is 40.0. The molecule has 16 heteroatoms. The van der Waals surface area contributed by atoms with Crippen LogP contribution in [0.4, 0.5) is 8.78 Å². The van der Waals surface area contributed by atoms with Gasteiger partial charge in [0.05, 0.1) is 41.1 Å². The van der Waals surface area contributed by atoms with Gasteiger partial charge in [-0.05, 0) is 72.3 Å². The highest BCUT2D eigenvalue weighted by Crippen LogP contribution is 2.39. The number of aromatic nitrogens is 4. The molecule has 1 aliphatic rings. The summed E-state index contributed by atoms with van der Waals surface area (Å²) in [5, 5.41) is 17.7. The smallest absolute Gasteiger partial charge is 0.275 e. The Balaban J connectivity index is 1.02. The molecular formula is C40H37ClF2N6O6S. The molecule has 0 radical (unpaired) electrons. The Hall–Kier alpha value is -5.59. The second kappa shape index (κ2) is 17.1. The minimum Gasteiger partial charge on any atom is -0.493 e. The average Bonchev–Trinajstić information content (AvgIpc) is 3.18. The predicted molar refractivity (Wildman–Crippen MR) is 205 cm³/mol. The lowest BCUT2D eigenvalue weighted by molar-refractivity contribution is -0.136. The third-order valence-corrected chi connectivity index (χ3v) is 10.3. The van der Waals surface area contributed by atoms with E-state index in [2.05, 4.69) is 26.5 Å². The van der Waals surface area contributed by atoms with E-state index >= 15 is 0 Å². The Morgan fingerprint density at radius 2 is 1.71 bits per heavy atom. The van der Waals surface area contributed by atoms with Crippen molar-refractivity contribution in [3.8, 4) is 23.3 Å². The number of hydrogen-bond donors (Lipinski definition) is 1. The summed E-state index contributed by atoms with van der Waals surface area (Å²) in [6.07, 6.45) is 3.94. The van der Waals surface area contributed by atoms with Gasteiger partial charge in [-0.1, -0.05) is 49.3 Å². The highest BCUT2D eigenvalue weighted by Gasteiger charge is 2.31. The molecule has 2 aromatic heterocycles. The number of thioether (sulfide) groups is 1. The van der Waals surface area contributed by atoms with E-state index < -0.39 is 54.2 Å². The predicted octanol–water partition coefficient (Wildman–Crippen LogP) is 7.19. The number of rotatable bonds is 15. The molecule has 1 N–H and O–H groups in total. The van der Waals surface area contributed by atoms with Crippen molar-refractivity contribution in [3.63, 3.8) is 0 Å². The normalized spacial score (nSPS) is 14.6. The molecule has 290 valence electrons. The number of amides is 2. The van der Waals surface area contributed by atoms with Gasteiger partial charge in [0.25, 0.3) is 17.4 Å². The molecule has 1 unspecified atom stereocenters. The van der Waals surface area contributed by atoms with E-state index in [1.807, 2.05) is 44.4 Å².